The molecule has 1 N–H and O–H groups in total. The van der Waals surface area contributed by atoms with Crippen molar-refractivity contribution >= 4 is 32.7 Å². The van der Waals surface area contributed by atoms with Crippen molar-refractivity contribution in [2.75, 3.05) is 12.4 Å². The van der Waals surface area contributed by atoms with E-state index in [9.17, 15) is 0 Å². The van der Waals surface area contributed by atoms with Gasteiger partial charge in [-0.2, -0.15) is 0 Å². The third kappa shape index (κ3) is 2.97. The van der Waals surface area contributed by atoms with Crippen molar-refractivity contribution in [2.24, 2.45) is 0 Å². The predicted molar refractivity (Wildman–Crippen MR) is 87.6 cm³/mol. The lowest BCUT2D eigenvalue weighted by Crippen LogP contribution is -2.02. The molecule has 0 aliphatic carbocycles. The molecular formula is C16H14BrN3O. The molecule has 0 saturated carbocycles. The Morgan fingerprint density at radius 2 is 2.00 bits per heavy atom. The summed E-state index contributed by atoms with van der Waals surface area (Å²) in [4.78, 5) is 8.58. The summed E-state index contributed by atoms with van der Waals surface area (Å²) in [7, 11) is 1.66. The highest BCUT2D eigenvalue weighted by Gasteiger charge is 2.04. The molecule has 0 bridgehead atoms. The Labute approximate surface area is 131 Å². The van der Waals surface area contributed by atoms with Crippen molar-refractivity contribution in [3.8, 4) is 5.75 Å². The molecule has 0 atom stereocenters. The summed E-state index contributed by atoms with van der Waals surface area (Å²) in [6, 6.07) is 14.0. The summed E-state index contributed by atoms with van der Waals surface area (Å²) in [5.41, 5.74) is 2.08. The van der Waals surface area contributed by atoms with Gasteiger partial charge in [-0.1, -0.05) is 18.2 Å². The lowest BCUT2D eigenvalue weighted by atomic mass is 10.2. The van der Waals surface area contributed by atoms with E-state index >= 15 is 0 Å². The lowest BCUT2D eigenvalue weighted by molar-refractivity contribution is 0.412. The van der Waals surface area contributed by atoms with E-state index < -0.39 is 0 Å². The monoisotopic (exact) mass is 343 g/mol. The third-order valence-electron chi connectivity index (χ3n) is 3.22. The largest absolute Gasteiger partial charge is 0.496 e. The van der Waals surface area contributed by atoms with E-state index in [-0.39, 0.29) is 0 Å². The molecule has 0 unspecified atom stereocenters. The average Bonchev–Trinajstić information content (AvgIpc) is 2.53. The number of ether oxygens (including phenoxy) is 1. The minimum Gasteiger partial charge on any atom is -0.496 e. The van der Waals surface area contributed by atoms with Crippen LogP contribution >= 0.6 is 15.9 Å². The molecule has 0 spiro atoms. The van der Waals surface area contributed by atoms with E-state index in [4.69, 9.17) is 4.74 Å². The van der Waals surface area contributed by atoms with Crippen LogP contribution in [0.5, 0.6) is 5.75 Å². The van der Waals surface area contributed by atoms with Crippen LogP contribution in [-0.2, 0) is 6.54 Å². The Morgan fingerprint density at radius 3 is 2.81 bits per heavy atom. The minimum atomic E-state index is 0.684. The van der Waals surface area contributed by atoms with Gasteiger partial charge in [-0.3, -0.25) is 0 Å². The summed E-state index contributed by atoms with van der Waals surface area (Å²) in [6.07, 6.45) is 1.58. The summed E-state index contributed by atoms with van der Waals surface area (Å²) in [5, 5.41) is 4.38. The molecule has 5 heteroatoms. The van der Waals surface area contributed by atoms with Crippen LogP contribution in [0.25, 0.3) is 10.9 Å². The van der Waals surface area contributed by atoms with Crippen LogP contribution in [0.1, 0.15) is 5.56 Å². The summed E-state index contributed by atoms with van der Waals surface area (Å²) in [5.74, 6) is 1.67. The second-order valence-corrected chi connectivity index (χ2v) is 5.42. The maximum absolute atomic E-state index is 5.23. The van der Waals surface area contributed by atoms with Crippen LogP contribution in [0, 0.1) is 0 Å². The molecule has 3 aromatic rings. The second kappa shape index (κ2) is 6.10. The van der Waals surface area contributed by atoms with Gasteiger partial charge in [0.25, 0.3) is 0 Å². The fourth-order valence-electron chi connectivity index (χ4n) is 2.15. The number of aromatic nitrogens is 2. The molecule has 3 rings (SSSR count). The third-order valence-corrected chi connectivity index (χ3v) is 3.84. The number of benzene rings is 2. The number of para-hydroxylation sites is 1. The van der Waals surface area contributed by atoms with E-state index in [2.05, 4.69) is 31.2 Å². The van der Waals surface area contributed by atoms with Crippen LogP contribution in [-0.4, -0.2) is 17.1 Å². The smallest absolute Gasteiger partial charge is 0.137 e. The van der Waals surface area contributed by atoms with Gasteiger partial charge in [0, 0.05) is 11.9 Å². The Balaban J connectivity index is 1.82. The van der Waals surface area contributed by atoms with E-state index in [1.165, 1.54) is 0 Å². The molecule has 0 radical (unpaired) electrons. The molecule has 21 heavy (non-hydrogen) atoms. The zero-order chi connectivity index (χ0) is 14.7. The van der Waals surface area contributed by atoms with Crippen molar-refractivity contribution < 1.29 is 4.74 Å². The number of nitrogens with zero attached hydrogens (tertiary/aromatic N) is 2. The first-order chi connectivity index (χ1) is 10.3. The molecule has 0 aliphatic heterocycles. The summed E-state index contributed by atoms with van der Waals surface area (Å²) < 4.78 is 6.17. The fourth-order valence-corrected chi connectivity index (χ4v) is 2.74. The van der Waals surface area contributed by atoms with Crippen LogP contribution in [0.3, 0.4) is 0 Å². The fraction of sp³-hybridized carbons (Fsp3) is 0.125. The molecule has 4 nitrogen and oxygen atoms in total. The molecule has 1 heterocycles. The molecule has 106 valence electrons. The zero-order valence-corrected chi connectivity index (χ0v) is 13.1. The van der Waals surface area contributed by atoms with Crippen LogP contribution in [0.15, 0.2) is 53.3 Å². The van der Waals surface area contributed by atoms with Crippen LogP contribution in [0.4, 0.5) is 5.82 Å². The highest BCUT2D eigenvalue weighted by Crippen LogP contribution is 2.26. The lowest BCUT2D eigenvalue weighted by Gasteiger charge is -2.10. The Bertz CT molecular complexity index is 771. The van der Waals surface area contributed by atoms with Gasteiger partial charge in [-0.15, -0.1) is 0 Å². The Kier molecular flexibility index (Phi) is 4.01. The van der Waals surface area contributed by atoms with E-state index in [1.54, 1.807) is 13.4 Å². The Morgan fingerprint density at radius 1 is 1.14 bits per heavy atom. The number of hydrogen-bond acceptors (Lipinski definition) is 4. The maximum atomic E-state index is 5.23. The molecule has 0 fully saturated rings. The predicted octanol–water partition coefficient (Wildman–Crippen LogP) is 4.01. The highest BCUT2D eigenvalue weighted by atomic mass is 79.9. The van der Waals surface area contributed by atoms with E-state index in [0.29, 0.717) is 6.54 Å². The SMILES string of the molecule is COc1ccc(CNc2ncnc3ccccc23)cc1Br. The highest BCUT2D eigenvalue weighted by molar-refractivity contribution is 9.10. The number of fused-ring (bicyclic) bond motifs is 1. The van der Waals surface area contributed by atoms with Crippen molar-refractivity contribution in [1.82, 2.24) is 9.97 Å². The molecule has 1 aromatic heterocycles. The molecule has 0 aliphatic rings. The van der Waals surface area contributed by atoms with Gasteiger partial charge in [-0.25, -0.2) is 9.97 Å². The maximum Gasteiger partial charge on any atom is 0.137 e. The second-order valence-electron chi connectivity index (χ2n) is 4.56. The van der Waals surface area contributed by atoms with Gasteiger partial charge in [0.1, 0.15) is 17.9 Å². The molecule has 0 amide bonds. The first kappa shape index (κ1) is 13.8. The van der Waals surface area contributed by atoms with Gasteiger partial charge in [0.15, 0.2) is 0 Å². The van der Waals surface area contributed by atoms with Crippen molar-refractivity contribution in [2.45, 2.75) is 6.54 Å². The van der Waals surface area contributed by atoms with Gasteiger partial charge < -0.3 is 10.1 Å². The number of rotatable bonds is 4. The van der Waals surface area contributed by atoms with Gasteiger partial charge in [0.05, 0.1) is 17.1 Å². The van der Waals surface area contributed by atoms with Crippen LogP contribution < -0.4 is 10.1 Å². The first-order valence-electron chi connectivity index (χ1n) is 6.54. The molecule has 2 aromatic carbocycles. The Hall–Kier alpha value is -2.14. The zero-order valence-electron chi connectivity index (χ0n) is 11.5. The topological polar surface area (TPSA) is 47.0 Å². The molecular weight excluding hydrogens is 330 g/mol. The number of halogens is 1. The van der Waals surface area contributed by atoms with Gasteiger partial charge in [0.2, 0.25) is 0 Å². The quantitative estimate of drug-likeness (QED) is 0.777. The first-order valence-corrected chi connectivity index (χ1v) is 7.33. The number of nitrogens with one attached hydrogen (secondary N) is 1. The van der Waals surface area contributed by atoms with E-state index in [0.717, 1.165) is 32.5 Å². The number of methoxy groups -OCH3 is 1. The van der Waals surface area contributed by atoms with Crippen molar-refractivity contribution in [3.63, 3.8) is 0 Å². The van der Waals surface area contributed by atoms with E-state index in [1.807, 2.05) is 42.5 Å². The number of hydrogen-bond donors (Lipinski definition) is 1. The van der Waals surface area contributed by atoms with Crippen molar-refractivity contribution in [1.29, 1.82) is 0 Å². The van der Waals surface area contributed by atoms with Crippen molar-refractivity contribution in [3.05, 3.63) is 58.8 Å². The summed E-state index contributed by atoms with van der Waals surface area (Å²) in [6.45, 7) is 0.684. The number of anilines is 1. The molecule has 0 saturated heterocycles. The van der Waals surface area contributed by atoms with Gasteiger partial charge in [-0.05, 0) is 45.8 Å². The van der Waals surface area contributed by atoms with Gasteiger partial charge >= 0.3 is 0 Å². The minimum absolute atomic E-state index is 0.684. The standard InChI is InChI=1S/C16H14BrN3O/c1-21-15-7-6-11(8-13(15)17)9-18-16-12-4-2-3-5-14(12)19-10-20-16/h2-8,10H,9H2,1H3,(H,18,19,20). The van der Waals surface area contributed by atoms with Crippen LogP contribution in [0.2, 0.25) is 0 Å². The normalized spacial score (nSPS) is 10.6. The average molecular weight is 344 g/mol. The summed E-state index contributed by atoms with van der Waals surface area (Å²) >= 11 is 3.49.